The van der Waals surface area contributed by atoms with Crippen molar-refractivity contribution in [1.29, 1.82) is 0 Å². The Kier molecular flexibility index (Phi) is 4.83. The van der Waals surface area contributed by atoms with Crippen LogP contribution < -0.4 is 10.2 Å². The molecule has 1 saturated heterocycles. The van der Waals surface area contributed by atoms with Crippen LogP contribution in [0.2, 0.25) is 0 Å². The monoisotopic (exact) mass is 311 g/mol. The first kappa shape index (κ1) is 16.6. The minimum absolute atomic E-state index is 0.0281. The van der Waals surface area contributed by atoms with Crippen molar-refractivity contribution >= 4 is 17.6 Å². The highest BCUT2D eigenvalue weighted by atomic mass is 32.2. The molecule has 5 heteroatoms. The van der Waals surface area contributed by atoms with Gasteiger partial charge < -0.3 is 10.2 Å². The number of halogens is 1. The fraction of sp³-hybridized carbons (Fsp3) is 0.688. The lowest BCUT2D eigenvalue weighted by Crippen LogP contribution is -2.44. The van der Waals surface area contributed by atoms with Gasteiger partial charge in [0.1, 0.15) is 0 Å². The Labute approximate surface area is 131 Å². The molecule has 0 atom stereocenters. The van der Waals surface area contributed by atoms with Crippen LogP contribution >= 0.6 is 11.8 Å². The van der Waals surface area contributed by atoms with Crippen LogP contribution in [0.1, 0.15) is 40.2 Å². The van der Waals surface area contributed by atoms with Gasteiger partial charge in [-0.3, -0.25) is 0 Å². The lowest BCUT2D eigenvalue weighted by molar-refractivity contribution is 0.418. The quantitative estimate of drug-likeness (QED) is 0.925. The maximum absolute atomic E-state index is 14.7. The van der Waals surface area contributed by atoms with Crippen LogP contribution in [0.4, 0.5) is 10.2 Å². The van der Waals surface area contributed by atoms with Crippen molar-refractivity contribution in [1.82, 2.24) is 10.3 Å². The standard InChI is InChI=1S/C16H26FN3S/c1-15(2,3)19-10-12-6-7-18-14(13(12)17)20-8-9-21-16(4,5)11-20/h6-7,19H,8-11H2,1-5H3. The zero-order valence-corrected chi connectivity index (χ0v) is 14.5. The Hall–Kier alpha value is -0.810. The summed E-state index contributed by atoms with van der Waals surface area (Å²) in [7, 11) is 0. The highest BCUT2D eigenvalue weighted by molar-refractivity contribution is 8.00. The van der Waals surface area contributed by atoms with E-state index in [0.717, 1.165) is 18.8 Å². The third kappa shape index (κ3) is 4.58. The van der Waals surface area contributed by atoms with Crippen molar-refractivity contribution < 1.29 is 4.39 Å². The average Bonchev–Trinajstić information content (AvgIpc) is 2.35. The van der Waals surface area contributed by atoms with Crippen molar-refractivity contribution in [2.45, 2.75) is 51.4 Å². The van der Waals surface area contributed by atoms with Gasteiger partial charge in [0.25, 0.3) is 0 Å². The largest absolute Gasteiger partial charge is 0.352 e. The molecule has 21 heavy (non-hydrogen) atoms. The predicted molar refractivity (Wildman–Crippen MR) is 89.5 cm³/mol. The highest BCUT2D eigenvalue weighted by Gasteiger charge is 2.29. The summed E-state index contributed by atoms with van der Waals surface area (Å²) in [6.07, 6.45) is 1.72. The summed E-state index contributed by atoms with van der Waals surface area (Å²) in [6.45, 7) is 12.9. The van der Waals surface area contributed by atoms with Crippen molar-refractivity contribution in [2.75, 3.05) is 23.7 Å². The Morgan fingerprint density at radius 1 is 1.43 bits per heavy atom. The molecule has 1 aromatic heterocycles. The van der Waals surface area contributed by atoms with Gasteiger partial charge in [-0.05, 0) is 40.7 Å². The molecule has 0 radical (unpaired) electrons. The van der Waals surface area contributed by atoms with Crippen LogP contribution in [0.15, 0.2) is 12.3 Å². The zero-order valence-electron chi connectivity index (χ0n) is 13.7. The molecule has 1 aromatic rings. The number of anilines is 1. The number of hydrogen-bond acceptors (Lipinski definition) is 4. The number of pyridine rings is 1. The number of aromatic nitrogens is 1. The van der Waals surface area contributed by atoms with Crippen molar-refractivity contribution in [3.63, 3.8) is 0 Å². The van der Waals surface area contributed by atoms with E-state index in [2.05, 4.69) is 49.8 Å². The molecular weight excluding hydrogens is 285 g/mol. The zero-order chi connectivity index (χ0) is 15.7. The third-order valence-electron chi connectivity index (χ3n) is 3.49. The van der Waals surface area contributed by atoms with Gasteiger partial charge in [0.15, 0.2) is 11.6 Å². The van der Waals surface area contributed by atoms with Gasteiger partial charge in [0.2, 0.25) is 0 Å². The van der Waals surface area contributed by atoms with Gasteiger partial charge in [-0.15, -0.1) is 0 Å². The van der Waals surface area contributed by atoms with Crippen LogP contribution in [-0.4, -0.2) is 34.1 Å². The number of hydrogen-bond donors (Lipinski definition) is 1. The van der Waals surface area contributed by atoms with Crippen molar-refractivity contribution in [3.05, 3.63) is 23.6 Å². The topological polar surface area (TPSA) is 28.2 Å². The molecule has 0 aromatic carbocycles. The van der Waals surface area contributed by atoms with E-state index in [-0.39, 0.29) is 16.1 Å². The van der Waals surface area contributed by atoms with Crippen LogP contribution in [0.5, 0.6) is 0 Å². The van der Waals surface area contributed by atoms with Gasteiger partial charge in [-0.2, -0.15) is 11.8 Å². The van der Waals surface area contributed by atoms with Crippen molar-refractivity contribution in [2.24, 2.45) is 0 Å². The lowest BCUT2D eigenvalue weighted by atomic mass is 10.1. The van der Waals surface area contributed by atoms with E-state index in [1.807, 2.05) is 11.8 Å². The molecule has 1 aliphatic heterocycles. The summed E-state index contributed by atoms with van der Waals surface area (Å²) in [6, 6.07) is 1.77. The van der Waals surface area contributed by atoms with Crippen LogP contribution in [0.3, 0.4) is 0 Å². The van der Waals surface area contributed by atoms with E-state index < -0.39 is 0 Å². The SMILES string of the molecule is CC(C)(C)NCc1ccnc(N2CCSC(C)(C)C2)c1F. The normalized spacial score (nSPS) is 18.9. The average molecular weight is 311 g/mol. The molecule has 0 saturated carbocycles. The number of rotatable bonds is 3. The van der Waals surface area contributed by atoms with Crippen molar-refractivity contribution in [3.8, 4) is 0 Å². The number of nitrogens with zero attached hydrogens (tertiary/aromatic N) is 2. The van der Waals surface area contributed by atoms with Gasteiger partial charge in [0, 0.05) is 47.4 Å². The smallest absolute Gasteiger partial charge is 0.170 e. The molecule has 1 aliphatic rings. The van der Waals surface area contributed by atoms with E-state index >= 15 is 0 Å². The summed E-state index contributed by atoms with van der Waals surface area (Å²) in [4.78, 5) is 6.36. The first-order valence-electron chi connectivity index (χ1n) is 7.45. The molecule has 118 valence electrons. The van der Waals surface area contributed by atoms with Crippen LogP contribution in [-0.2, 0) is 6.54 Å². The molecule has 2 heterocycles. The van der Waals surface area contributed by atoms with E-state index in [0.29, 0.717) is 17.9 Å². The van der Waals surface area contributed by atoms with E-state index in [4.69, 9.17) is 0 Å². The maximum Gasteiger partial charge on any atom is 0.170 e. The maximum atomic E-state index is 14.7. The van der Waals surface area contributed by atoms with Crippen LogP contribution in [0, 0.1) is 5.82 Å². The second-order valence-electron chi connectivity index (χ2n) is 7.24. The molecule has 0 spiro atoms. The number of nitrogens with one attached hydrogen (secondary N) is 1. The molecule has 2 rings (SSSR count). The summed E-state index contributed by atoms with van der Waals surface area (Å²) in [5.41, 5.74) is 0.658. The molecular formula is C16H26FN3S. The van der Waals surface area contributed by atoms with E-state index in [9.17, 15) is 4.39 Å². The highest BCUT2D eigenvalue weighted by Crippen LogP contribution is 2.32. The fourth-order valence-corrected chi connectivity index (χ4v) is 3.50. The Bertz CT molecular complexity index is 497. The molecule has 0 amide bonds. The van der Waals surface area contributed by atoms with E-state index in [1.165, 1.54) is 0 Å². The molecule has 0 aliphatic carbocycles. The molecule has 1 N–H and O–H groups in total. The molecule has 0 bridgehead atoms. The lowest BCUT2D eigenvalue weighted by Gasteiger charge is -2.38. The minimum atomic E-state index is -0.183. The minimum Gasteiger partial charge on any atom is -0.352 e. The molecule has 3 nitrogen and oxygen atoms in total. The van der Waals surface area contributed by atoms with Crippen LogP contribution in [0.25, 0.3) is 0 Å². The third-order valence-corrected chi connectivity index (χ3v) is 4.78. The molecule has 1 fully saturated rings. The predicted octanol–water partition coefficient (Wildman–Crippen LogP) is 3.44. The number of thioether (sulfide) groups is 1. The first-order chi connectivity index (χ1) is 9.68. The van der Waals surface area contributed by atoms with E-state index in [1.54, 1.807) is 12.3 Å². The second-order valence-corrected chi connectivity index (χ2v) is 9.04. The summed E-state index contributed by atoms with van der Waals surface area (Å²) in [5, 5.41) is 3.33. The Morgan fingerprint density at radius 2 is 2.14 bits per heavy atom. The Morgan fingerprint density at radius 3 is 2.76 bits per heavy atom. The summed E-state index contributed by atoms with van der Waals surface area (Å²) in [5.74, 6) is 1.33. The van der Waals surface area contributed by atoms with Gasteiger partial charge in [-0.25, -0.2) is 9.37 Å². The van der Waals surface area contributed by atoms with Gasteiger partial charge >= 0.3 is 0 Å². The van der Waals surface area contributed by atoms with Gasteiger partial charge in [-0.1, -0.05) is 0 Å². The Balaban J connectivity index is 2.17. The molecule has 0 unspecified atom stereocenters. The fourth-order valence-electron chi connectivity index (χ4n) is 2.39. The second kappa shape index (κ2) is 6.13. The van der Waals surface area contributed by atoms with Gasteiger partial charge in [0.05, 0.1) is 0 Å². The summed E-state index contributed by atoms with van der Waals surface area (Å²) >= 11 is 1.94. The first-order valence-corrected chi connectivity index (χ1v) is 8.44. The summed E-state index contributed by atoms with van der Waals surface area (Å²) < 4.78 is 14.9.